The molecule has 154 valence electrons. The molecule has 4 heteroatoms. The summed E-state index contributed by atoms with van der Waals surface area (Å²) >= 11 is 0. The van der Waals surface area contributed by atoms with E-state index in [9.17, 15) is 8.78 Å². The Kier molecular flexibility index (Phi) is 6.67. The largest absolute Gasteiger partial charge is 0.297 e. The van der Waals surface area contributed by atoms with E-state index in [0.29, 0.717) is 5.56 Å². The van der Waals surface area contributed by atoms with Crippen LogP contribution in [-0.2, 0) is 0 Å². The van der Waals surface area contributed by atoms with Gasteiger partial charge in [0, 0.05) is 38.3 Å². The van der Waals surface area contributed by atoms with E-state index in [1.807, 2.05) is 30.3 Å². The fraction of sp³-hybridized carbons (Fsp3) is 0.231. The van der Waals surface area contributed by atoms with E-state index in [1.54, 1.807) is 18.2 Å². The summed E-state index contributed by atoms with van der Waals surface area (Å²) in [6, 6.07) is 23.4. The molecular formula is C26H26F2N2. The number of nitrogens with zero attached hydrogens (tertiary/aromatic N) is 2. The molecule has 0 aliphatic carbocycles. The van der Waals surface area contributed by atoms with Crippen LogP contribution >= 0.6 is 0 Å². The molecule has 30 heavy (non-hydrogen) atoms. The van der Waals surface area contributed by atoms with E-state index < -0.39 is 0 Å². The maximum Gasteiger partial charge on any atom is 0.128 e. The number of benzene rings is 3. The Hall–Kier alpha value is -2.82. The first-order valence-corrected chi connectivity index (χ1v) is 10.4. The summed E-state index contributed by atoms with van der Waals surface area (Å²) in [5, 5.41) is 0. The van der Waals surface area contributed by atoms with Gasteiger partial charge in [0.15, 0.2) is 0 Å². The average Bonchev–Trinajstić information content (AvgIpc) is 2.78. The topological polar surface area (TPSA) is 6.48 Å². The van der Waals surface area contributed by atoms with Crippen LogP contribution in [0.1, 0.15) is 22.7 Å². The normalized spacial score (nSPS) is 16.7. The van der Waals surface area contributed by atoms with Crippen molar-refractivity contribution in [3.63, 3.8) is 0 Å². The maximum atomic E-state index is 14.6. The van der Waals surface area contributed by atoms with Crippen molar-refractivity contribution >= 4 is 6.08 Å². The lowest BCUT2D eigenvalue weighted by atomic mass is 9.96. The highest BCUT2D eigenvalue weighted by Gasteiger charge is 2.27. The molecule has 1 saturated heterocycles. The van der Waals surface area contributed by atoms with Crippen molar-refractivity contribution in [3.05, 3.63) is 113 Å². The monoisotopic (exact) mass is 404 g/mol. The Morgan fingerprint density at radius 2 is 1.43 bits per heavy atom. The highest BCUT2D eigenvalue weighted by Crippen LogP contribution is 2.31. The van der Waals surface area contributed by atoms with E-state index >= 15 is 0 Å². The van der Waals surface area contributed by atoms with Gasteiger partial charge < -0.3 is 0 Å². The molecule has 0 N–H and O–H groups in total. The van der Waals surface area contributed by atoms with Crippen molar-refractivity contribution < 1.29 is 8.78 Å². The van der Waals surface area contributed by atoms with Gasteiger partial charge in [-0.25, -0.2) is 8.78 Å². The molecule has 1 fully saturated rings. The van der Waals surface area contributed by atoms with Crippen LogP contribution < -0.4 is 0 Å². The second-order valence-electron chi connectivity index (χ2n) is 7.63. The highest BCUT2D eigenvalue weighted by atomic mass is 19.1. The number of hydrogen-bond acceptors (Lipinski definition) is 2. The molecule has 1 aliphatic rings. The first kappa shape index (κ1) is 20.5. The van der Waals surface area contributed by atoms with E-state index in [2.05, 4.69) is 34.1 Å². The molecule has 1 atom stereocenters. The van der Waals surface area contributed by atoms with Crippen LogP contribution in [0.15, 0.2) is 84.9 Å². The summed E-state index contributed by atoms with van der Waals surface area (Å²) < 4.78 is 28.1. The van der Waals surface area contributed by atoms with Crippen molar-refractivity contribution in [2.75, 3.05) is 32.7 Å². The van der Waals surface area contributed by atoms with Gasteiger partial charge in [0.1, 0.15) is 11.6 Å². The molecule has 3 aromatic carbocycles. The van der Waals surface area contributed by atoms with Gasteiger partial charge in [0.25, 0.3) is 0 Å². The van der Waals surface area contributed by atoms with Crippen molar-refractivity contribution in [1.82, 2.24) is 9.80 Å². The van der Waals surface area contributed by atoms with Gasteiger partial charge in [-0.2, -0.15) is 0 Å². The summed E-state index contributed by atoms with van der Waals surface area (Å²) in [5.74, 6) is -0.499. The predicted octanol–water partition coefficient (Wildman–Crippen LogP) is 5.39. The fourth-order valence-electron chi connectivity index (χ4n) is 4.04. The van der Waals surface area contributed by atoms with Gasteiger partial charge in [-0.05, 0) is 29.3 Å². The molecule has 3 aromatic rings. The summed E-state index contributed by atoms with van der Waals surface area (Å²) in [5.41, 5.74) is 2.76. The van der Waals surface area contributed by atoms with Crippen LogP contribution in [0.2, 0.25) is 0 Å². The minimum atomic E-state index is -0.277. The van der Waals surface area contributed by atoms with Crippen molar-refractivity contribution in [2.45, 2.75) is 6.04 Å². The summed E-state index contributed by atoms with van der Waals surface area (Å²) in [4.78, 5) is 4.70. The Balaban J connectivity index is 1.45. The van der Waals surface area contributed by atoms with Gasteiger partial charge >= 0.3 is 0 Å². The van der Waals surface area contributed by atoms with Gasteiger partial charge in [0.2, 0.25) is 0 Å². The molecular weight excluding hydrogens is 378 g/mol. The third-order valence-corrected chi connectivity index (χ3v) is 5.63. The van der Waals surface area contributed by atoms with Crippen LogP contribution in [0.25, 0.3) is 6.08 Å². The van der Waals surface area contributed by atoms with Gasteiger partial charge in [0.05, 0.1) is 6.04 Å². The Morgan fingerprint density at radius 1 is 0.767 bits per heavy atom. The van der Waals surface area contributed by atoms with Crippen LogP contribution in [-0.4, -0.2) is 42.5 Å². The Morgan fingerprint density at radius 3 is 2.13 bits per heavy atom. The van der Waals surface area contributed by atoms with E-state index in [1.165, 1.54) is 23.8 Å². The lowest BCUT2D eigenvalue weighted by molar-refractivity contribution is 0.116. The average molecular weight is 405 g/mol. The van der Waals surface area contributed by atoms with Crippen LogP contribution in [0.5, 0.6) is 0 Å². The minimum absolute atomic E-state index is 0.214. The lowest BCUT2D eigenvalue weighted by Crippen LogP contribution is -2.47. The zero-order valence-electron chi connectivity index (χ0n) is 16.9. The molecule has 1 aliphatic heterocycles. The second kappa shape index (κ2) is 9.79. The number of halogens is 2. The molecule has 1 heterocycles. The molecule has 2 nitrogen and oxygen atoms in total. The smallest absolute Gasteiger partial charge is 0.128 e. The maximum absolute atomic E-state index is 14.6. The van der Waals surface area contributed by atoms with Crippen molar-refractivity contribution in [1.29, 1.82) is 0 Å². The summed E-state index contributed by atoms with van der Waals surface area (Å²) in [7, 11) is 0. The summed E-state index contributed by atoms with van der Waals surface area (Å²) in [6.07, 6.45) is 4.34. The Bertz CT molecular complexity index is 962. The van der Waals surface area contributed by atoms with Crippen LogP contribution in [0.4, 0.5) is 8.78 Å². The first-order valence-electron chi connectivity index (χ1n) is 10.4. The van der Waals surface area contributed by atoms with Gasteiger partial charge in [-0.3, -0.25) is 9.80 Å². The minimum Gasteiger partial charge on any atom is -0.297 e. The standard InChI is InChI=1S/C26H26F2N2/c27-23-14-12-22(13-15-23)26(24-10-4-5-11-25(24)28)30-19-17-29(18-20-30)16-6-9-21-7-2-1-3-8-21/h1-15,26H,16-20H2/b9-6+. The Labute approximate surface area is 177 Å². The zero-order chi connectivity index (χ0) is 20.8. The van der Waals surface area contributed by atoms with Crippen LogP contribution in [0.3, 0.4) is 0 Å². The SMILES string of the molecule is Fc1ccc(C(c2ccccc2F)N2CCN(C/C=C/c3ccccc3)CC2)cc1. The van der Waals surface area contributed by atoms with Gasteiger partial charge in [-0.15, -0.1) is 0 Å². The zero-order valence-corrected chi connectivity index (χ0v) is 16.9. The second-order valence-corrected chi connectivity index (χ2v) is 7.63. The molecule has 0 bridgehead atoms. The highest BCUT2D eigenvalue weighted by molar-refractivity contribution is 5.48. The lowest BCUT2D eigenvalue weighted by Gasteiger charge is -2.39. The third kappa shape index (κ3) is 5.02. The van der Waals surface area contributed by atoms with E-state index in [-0.39, 0.29) is 17.7 Å². The molecule has 0 radical (unpaired) electrons. The number of hydrogen-bond donors (Lipinski definition) is 0. The van der Waals surface area contributed by atoms with E-state index in [4.69, 9.17) is 0 Å². The first-order chi connectivity index (χ1) is 14.7. The summed E-state index contributed by atoms with van der Waals surface area (Å²) in [6.45, 7) is 4.37. The molecule has 0 saturated carbocycles. The molecule has 4 rings (SSSR count). The van der Waals surface area contributed by atoms with Crippen molar-refractivity contribution in [2.24, 2.45) is 0 Å². The number of rotatable bonds is 6. The fourth-order valence-corrected chi connectivity index (χ4v) is 4.04. The van der Waals surface area contributed by atoms with Gasteiger partial charge in [-0.1, -0.05) is 72.8 Å². The third-order valence-electron chi connectivity index (χ3n) is 5.63. The van der Waals surface area contributed by atoms with E-state index in [0.717, 1.165) is 38.3 Å². The van der Waals surface area contributed by atoms with Crippen molar-refractivity contribution in [3.8, 4) is 0 Å². The number of piperazine rings is 1. The molecule has 0 aromatic heterocycles. The predicted molar refractivity (Wildman–Crippen MR) is 118 cm³/mol. The molecule has 0 amide bonds. The molecule has 0 spiro atoms. The molecule has 1 unspecified atom stereocenters. The van der Waals surface area contributed by atoms with Crippen LogP contribution in [0, 0.1) is 11.6 Å². The quantitative estimate of drug-likeness (QED) is 0.544.